The van der Waals surface area contributed by atoms with Gasteiger partial charge in [0, 0.05) is 34.4 Å². The SMILES string of the molecule is Cc1cc(-c2csc(-c3ccccc3)n2)c(C)n1CCc1ccc(F)cc1. The van der Waals surface area contributed by atoms with Gasteiger partial charge in [-0.15, -0.1) is 11.3 Å². The van der Waals surface area contributed by atoms with E-state index in [-0.39, 0.29) is 5.82 Å². The predicted molar refractivity (Wildman–Crippen MR) is 111 cm³/mol. The van der Waals surface area contributed by atoms with Crippen LogP contribution in [0.15, 0.2) is 66.0 Å². The lowest BCUT2D eigenvalue weighted by Crippen LogP contribution is -2.05. The summed E-state index contributed by atoms with van der Waals surface area (Å²) < 4.78 is 15.4. The van der Waals surface area contributed by atoms with Gasteiger partial charge in [0.15, 0.2) is 0 Å². The van der Waals surface area contributed by atoms with Crippen LogP contribution in [0.25, 0.3) is 21.8 Å². The second-order valence-corrected chi connectivity index (χ2v) is 7.57. The first-order valence-electron chi connectivity index (χ1n) is 9.04. The molecule has 0 saturated carbocycles. The Bertz CT molecular complexity index is 1050. The Labute approximate surface area is 163 Å². The number of halogens is 1. The minimum atomic E-state index is -0.188. The monoisotopic (exact) mass is 376 g/mol. The Balaban J connectivity index is 1.57. The molecule has 0 saturated heterocycles. The fourth-order valence-electron chi connectivity index (χ4n) is 3.41. The summed E-state index contributed by atoms with van der Waals surface area (Å²) in [6, 6.07) is 19.3. The van der Waals surface area contributed by atoms with Crippen LogP contribution in [0.1, 0.15) is 17.0 Å². The normalized spacial score (nSPS) is 11.1. The van der Waals surface area contributed by atoms with Crippen LogP contribution in [-0.2, 0) is 13.0 Å². The summed E-state index contributed by atoms with van der Waals surface area (Å²) >= 11 is 1.68. The molecule has 2 nitrogen and oxygen atoms in total. The zero-order valence-corrected chi connectivity index (χ0v) is 16.3. The average Bonchev–Trinajstić information content (AvgIpc) is 3.27. The van der Waals surface area contributed by atoms with Crippen molar-refractivity contribution in [3.05, 3.63) is 88.8 Å². The van der Waals surface area contributed by atoms with Gasteiger partial charge in [0.2, 0.25) is 0 Å². The molecule has 4 heteroatoms. The van der Waals surface area contributed by atoms with Crippen molar-refractivity contribution in [2.45, 2.75) is 26.8 Å². The molecule has 0 bridgehead atoms. The van der Waals surface area contributed by atoms with Gasteiger partial charge in [-0.1, -0.05) is 42.5 Å². The van der Waals surface area contributed by atoms with Crippen LogP contribution in [0.3, 0.4) is 0 Å². The third kappa shape index (κ3) is 3.71. The van der Waals surface area contributed by atoms with E-state index in [2.05, 4.69) is 42.0 Å². The molecular formula is C23H21FN2S. The molecule has 4 aromatic rings. The van der Waals surface area contributed by atoms with E-state index in [4.69, 9.17) is 4.98 Å². The lowest BCUT2D eigenvalue weighted by atomic mass is 10.1. The largest absolute Gasteiger partial charge is 0.348 e. The van der Waals surface area contributed by atoms with Gasteiger partial charge in [-0.3, -0.25) is 0 Å². The highest BCUT2D eigenvalue weighted by atomic mass is 32.1. The summed E-state index contributed by atoms with van der Waals surface area (Å²) in [5.74, 6) is -0.188. The highest BCUT2D eigenvalue weighted by Gasteiger charge is 2.14. The van der Waals surface area contributed by atoms with Crippen molar-refractivity contribution in [1.29, 1.82) is 0 Å². The molecule has 2 aromatic heterocycles. The third-order valence-electron chi connectivity index (χ3n) is 4.91. The van der Waals surface area contributed by atoms with Gasteiger partial charge in [-0.05, 0) is 44.0 Å². The predicted octanol–water partition coefficient (Wildman–Crippen LogP) is 6.28. The molecule has 4 rings (SSSR count). The van der Waals surface area contributed by atoms with Crippen LogP contribution in [0.2, 0.25) is 0 Å². The van der Waals surface area contributed by atoms with Crippen LogP contribution < -0.4 is 0 Å². The van der Waals surface area contributed by atoms with E-state index >= 15 is 0 Å². The molecule has 0 aliphatic rings. The van der Waals surface area contributed by atoms with E-state index in [1.54, 1.807) is 11.3 Å². The van der Waals surface area contributed by atoms with E-state index in [1.807, 2.05) is 30.3 Å². The fourth-order valence-corrected chi connectivity index (χ4v) is 4.23. The lowest BCUT2D eigenvalue weighted by Gasteiger charge is -2.10. The second kappa shape index (κ2) is 7.49. The Morgan fingerprint density at radius 2 is 1.74 bits per heavy atom. The minimum Gasteiger partial charge on any atom is -0.348 e. The summed E-state index contributed by atoms with van der Waals surface area (Å²) in [5, 5.41) is 3.18. The van der Waals surface area contributed by atoms with Crippen molar-refractivity contribution >= 4 is 11.3 Å². The van der Waals surface area contributed by atoms with Crippen LogP contribution in [0, 0.1) is 19.7 Å². The zero-order chi connectivity index (χ0) is 18.8. The molecule has 27 heavy (non-hydrogen) atoms. The number of hydrogen-bond acceptors (Lipinski definition) is 2. The molecule has 0 aliphatic carbocycles. The Morgan fingerprint density at radius 1 is 1.00 bits per heavy atom. The molecule has 0 atom stereocenters. The quantitative estimate of drug-likeness (QED) is 0.401. The highest BCUT2D eigenvalue weighted by molar-refractivity contribution is 7.13. The Hall–Kier alpha value is -2.72. The number of nitrogens with zero attached hydrogens (tertiary/aromatic N) is 2. The van der Waals surface area contributed by atoms with Crippen molar-refractivity contribution in [2.75, 3.05) is 0 Å². The smallest absolute Gasteiger partial charge is 0.124 e. The Morgan fingerprint density at radius 3 is 2.48 bits per heavy atom. The highest BCUT2D eigenvalue weighted by Crippen LogP contribution is 2.32. The van der Waals surface area contributed by atoms with Gasteiger partial charge in [0.05, 0.1) is 5.69 Å². The number of thiazole rings is 1. The summed E-state index contributed by atoms with van der Waals surface area (Å²) in [6.45, 7) is 5.15. The standard InChI is InChI=1S/C23H21FN2S/c1-16-14-21(22-15-27-23(25-22)19-6-4-3-5-7-19)17(2)26(16)13-12-18-8-10-20(24)11-9-18/h3-11,14-15H,12-13H2,1-2H3. The topological polar surface area (TPSA) is 17.8 Å². The average molecular weight is 377 g/mol. The van der Waals surface area contributed by atoms with Gasteiger partial charge in [0.25, 0.3) is 0 Å². The van der Waals surface area contributed by atoms with E-state index in [0.717, 1.165) is 34.8 Å². The van der Waals surface area contributed by atoms with Gasteiger partial charge < -0.3 is 4.57 Å². The summed E-state index contributed by atoms with van der Waals surface area (Å²) in [4.78, 5) is 4.86. The van der Waals surface area contributed by atoms with Crippen molar-refractivity contribution in [1.82, 2.24) is 9.55 Å². The summed E-state index contributed by atoms with van der Waals surface area (Å²) in [6.07, 6.45) is 0.877. The number of benzene rings is 2. The van der Waals surface area contributed by atoms with Gasteiger partial charge in [-0.25, -0.2) is 9.37 Å². The van der Waals surface area contributed by atoms with E-state index in [0.29, 0.717) is 0 Å². The maximum atomic E-state index is 13.1. The first-order valence-corrected chi connectivity index (χ1v) is 9.92. The van der Waals surface area contributed by atoms with Crippen molar-refractivity contribution in [2.24, 2.45) is 0 Å². The molecule has 0 radical (unpaired) electrons. The summed E-state index contributed by atoms with van der Waals surface area (Å²) in [7, 11) is 0. The molecule has 0 amide bonds. The van der Waals surface area contributed by atoms with Gasteiger partial charge in [-0.2, -0.15) is 0 Å². The molecule has 0 fully saturated rings. The first-order chi connectivity index (χ1) is 13.1. The van der Waals surface area contributed by atoms with E-state index in [1.165, 1.54) is 29.1 Å². The molecule has 2 heterocycles. The first kappa shape index (κ1) is 17.7. The van der Waals surface area contributed by atoms with Crippen molar-refractivity contribution in [3.63, 3.8) is 0 Å². The number of aryl methyl sites for hydroxylation is 2. The van der Waals surface area contributed by atoms with E-state index in [9.17, 15) is 4.39 Å². The van der Waals surface area contributed by atoms with Crippen molar-refractivity contribution < 1.29 is 4.39 Å². The summed E-state index contributed by atoms with van der Waals surface area (Å²) in [5.41, 5.74) is 6.95. The number of rotatable bonds is 5. The van der Waals surface area contributed by atoms with Gasteiger partial charge >= 0.3 is 0 Å². The maximum absolute atomic E-state index is 13.1. The molecular weight excluding hydrogens is 355 g/mol. The Kier molecular flexibility index (Phi) is 4.90. The molecule has 0 spiro atoms. The molecule has 136 valence electrons. The second-order valence-electron chi connectivity index (χ2n) is 6.72. The minimum absolute atomic E-state index is 0.188. The van der Waals surface area contributed by atoms with Crippen LogP contribution in [0.5, 0.6) is 0 Å². The molecule has 0 N–H and O–H groups in total. The zero-order valence-electron chi connectivity index (χ0n) is 15.4. The molecule has 2 aromatic carbocycles. The number of hydrogen-bond donors (Lipinski definition) is 0. The third-order valence-corrected chi connectivity index (χ3v) is 5.80. The van der Waals surface area contributed by atoms with E-state index < -0.39 is 0 Å². The van der Waals surface area contributed by atoms with Crippen molar-refractivity contribution in [3.8, 4) is 21.8 Å². The van der Waals surface area contributed by atoms with Crippen LogP contribution in [-0.4, -0.2) is 9.55 Å². The van der Waals surface area contributed by atoms with Gasteiger partial charge in [0.1, 0.15) is 10.8 Å². The van der Waals surface area contributed by atoms with Crippen LogP contribution in [0.4, 0.5) is 4.39 Å². The number of aromatic nitrogens is 2. The molecule has 0 aliphatic heterocycles. The fraction of sp³-hybridized carbons (Fsp3) is 0.174. The maximum Gasteiger partial charge on any atom is 0.124 e. The molecule has 0 unspecified atom stereocenters. The lowest BCUT2D eigenvalue weighted by molar-refractivity contribution is 0.624. The van der Waals surface area contributed by atoms with Crippen LogP contribution >= 0.6 is 11.3 Å².